The van der Waals surface area contributed by atoms with E-state index >= 15 is 0 Å². The Kier molecular flexibility index (Phi) is 4.64. The standard InChI is InChI=1S/C12H15BrN4O3S/c1-8-11(9(2)17(15-8)6-7-18)21(19,20)16-12-10(13)4-3-5-14-12/h3-5,18H,6-7H2,1-2H3,(H,14,16). The topological polar surface area (TPSA) is 97.1 Å². The van der Waals surface area contributed by atoms with Gasteiger partial charge in [0.25, 0.3) is 10.0 Å². The van der Waals surface area contributed by atoms with E-state index in [-0.39, 0.29) is 23.9 Å². The molecule has 2 heterocycles. The number of anilines is 1. The minimum atomic E-state index is -3.80. The Morgan fingerprint density at radius 3 is 2.76 bits per heavy atom. The third-order valence-corrected chi connectivity index (χ3v) is 5.12. The zero-order valence-electron chi connectivity index (χ0n) is 11.5. The smallest absolute Gasteiger partial charge is 0.266 e. The summed E-state index contributed by atoms with van der Waals surface area (Å²) >= 11 is 3.25. The minimum Gasteiger partial charge on any atom is -0.394 e. The molecule has 9 heteroatoms. The molecule has 0 aliphatic heterocycles. The third kappa shape index (κ3) is 3.25. The first kappa shape index (κ1) is 15.9. The Hall–Kier alpha value is -1.45. The summed E-state index contributed by atoms with van der Waals surface area (Å²) in [7, 11) is -3.80. The van der Waals surface area contributed by atoms with Crippen molar-refractivity contribution in [2.45, 2.75) is 25.3 Å². The number of halogens is 1. The van der Waals surface area contributed by atoms with Gasteiger partial charge in [-0.15, -0.1) is 0 Å². The van der Waals surface area contributed by atoms with Gasteiger partial charge < -0.3 is 5.11 Å². The second kappa shape index (κ2) is 6.12. The molecule has 2 rings (SSSR count). The van der Waals surface area contributed by atoms with Gasteiger partial charge in [0.05, 0.1) is 29.0 Å². The number of aliphatic hydroxyl groups excluding tert-OH is 1. The minimum absolute atomic E-state index is 0.105. The van der Waals surface area contributed by atoms with Gasteiger partial charge in [0.1, 0.15) is 4.90 Å². The number of nitrogens with zero attached hydrogens (tertiary/aromatic N) is 3. The summed E-state index contributed by atoms with van der Waals surface area (Å²) in [5.74, 6) is 0.214. The van der Waals surface area contributed by atoms with Gasteiger partial charge in [-0.1, -0.05) is 0 Å². The lowest BCUT2D eigenvalue weighted by Crippen LogP contribution is -2.16. The highest BCUT2D eigenvalue weighted by atomic mass is 79.9. The molecule has 0 fully saturated rings. The molecule has 0 spiro atoms. The lowest BCUT2D eigenvalue weighted by molar-refractivity contribution is 0.267. The number of pyridine rings is 1. The molecular weight excluding hydrogens is 360 g/mol. The maximum atomic E-state index is 12.5. The van der Waals surface area contributed by atoms with Gasteiger partial charge in [-0.2, -0.15) is 5.10 Å². The molecule has 21 heavy (non-hydrogen) atoms. The SMILES string of the molecule is Cc1nn(CCO)c(C)c1S(=O)(=O)Nc1ncccc1Br. The molecule has 0 radical (unpaired) electrons. The van der Waals surface area contributed by atoms with Crippen LogP contribution in [0.25, 0.3) is 0 Å². The van der Waals surface area contributed by atoms with E-state index in [1.165, 1.54) is 10.9 Å². The van der Waals surface area contributed by atoms with E-state index in [0.29, 0.717) is 15.9 Å². The number of nitrogens with one attached hydrogen (secondary N) is 1. The summed E-state index contributed by atoms with van der Waals surface area (Å²) in [5, 5.41) is 13.1. The van der Waals surface area contributed by atoms with Crippen LogP contribution in [-0.2, 0) is 16.6 Å². The van der Waals surface area contributed by atoms with E-state index in [9.17, 15) is 8.42 Å². The lowest BCUT2D eigenvalue weighted by Gasteiger charge is -2.09. The summed E-state index contributed by atoms with van der Waals surface area (Å²) in [4.78, 5) is 4.09. The predicted octanol–water partition coefficient (Wildman–Crippen LogP) is 1.45. The molecule has 0 aliphatic carbocycles. The summed E-state index contributed by atoms with van der Waals surface area (Å²) < 4.78 is 29.5. The molecule has 0 aliphatic rings. The summed E-state index contributed by atoms with van der Waals surface area (Å²) in [6.45, 7) is 3.40. The highest BCUT2D eigenvalue weighted by molar-refractivity contribution is 9.10. The van der Waals surface area contributed by atoms with Crippen molar-refractivity contribution < 1.29 is 13.5 Å². The fourth-order valence-corrected chi connectivity index (χ4v) is 3.95. The van der Waals surface area contributed by atoms with E-state index in [0.717, 1.165) is 0 Å². The molecular formula is C12H15BrN4O3S. The summed E-state index contributed by atoms with van der Waals surface area (Å²) in [5.41, 5.74) is 0.849. The Bertz CT molecular complexity index is 758. The average molecular weight is 375 g/mol. The predicted molar refractivity (Wildman–Crippen MR) is 81.5 cm³/mol. The maximum absolute atomic E-state index is 12.5. The number of aryl methyl sites for hydroxylation is 1. The van der Waals surface area contributed by atoms with Crippen LogP contribution < -0.4 is 4.72 Å². The van der Waals surface area contributed by atoms with E-state index in [1.807, 2.05) is 0 Å². The largest absolute Gasteiger partial charge is 0.394 e. The normalized spacial score (nSPS) is 11.6. The van der Waals surface area contributed by atoms with Crippen LogP contribution in [0.3, 0.4) is 0 Å². The van der Waals surface area contributed by atoms with Crippen molar-refractivity contribution in [1.82, 2.24) is 14.8 Å². The highest BCUT2D eigenvalue weighted by Crippen LogP contribution is 2.25. The highest BCUT2D eigenvalue weighted by Gasteiger charge is 2.25. The molecule has 0 bridgehead atoms. The van der Waals surface area contributed by atoms with Crippen molar-refractivity contribution in [3.05, 3.63) is 34.2 Å². The zero-order chi connectivity index (χ0) is 15.6. The van der Waals surface area contributed by atoms with Crippen LogP contribution in [-0.4, -0.2) is 34.9 Å². The molecule has 0 unspecified atom stereocenters. The molecule has 2 N–H and O–H groups in total. The first-order chi connectivity index (χ1) is 9.86. The van der Waals surface area contributed by atoms with Gasteiger partial charge in [-0.05, 0) is 41.9 Å². The second-order valence-corrected chi connectivity index (χ2v) is 6.86. The van der Waals surface area contributed by atoms with Crippen molar-refractivity contribution in [3.8, 4) is 0 Å². The van der Waals surface area contributed by atoms with Crippen molar-refractivity contribution in [1.29, 1.82) is 0 Å². The van der Waals surface area contributed by atoms with Crippen LogP contribution in [0.4, 0.5) is 5.82 Å². The van der Waals surface area contributed by atoms with Gasteiger partial charge >= 0.3 is 0 Å². The molecule has 114 valence electrons. The second-order valence-electron chi connectivity index (χ2n) is 4.39. The first-order valence-corrected chi connectivity index (χ1v) is 8.42. The van der Waals surface area contributed by atoms with Crippen LogP contribution in [0.15, 0.2) is 27.7 Å². The lowest BCUT2D eigenvalue weighted by atomic mass is 10.4. The van der Waals surface area contributed by atoms with Crippen LogP contribution in [0.1, 0.15) is 11.4 Å². The third-order valence-electron chi connectivity index (χ3n) is 2.89. The first-order valence-electron chi connectivity index (χ1n) is 6.15. The summed E-state index contributed by atoms with van der Waals surface area (Å²) in [6.07, 6.45) is 1.50. The molecule has 0 amide bonds. The zero-order valence-corrected chi connectivity index (χ0v) is 13.9. The van der Waals surface area contributed by atoms with Crippen molar-refractivity contribution in [3.63, 3.8) is 0 Å². The van der Waals surface area contributed by atoms with Crippen LogP contribution >= 0.6 is 15.9 Å². The molecule has 7 nitrogen and oxygen atoms in total. The molecule has 2 aromatic heterocycles. The van der Waals surface area contributed by atoms with E-state index in [2.05, 4.69) is 30.7 Å². The number of sulfonamides is 1. The van der Waals surface area contributed by atoms with E-state index in [4.69, 9.17) is 5.11 Å². The number of aliphatic hydroxyl groups is 1. The van der Waals surface area contributed by atoms with Crippen molar-refractivity contribution in [2.75, 3.05) is 11.3 Å². The molecule has 0 saturated carbocycles. The monoisotopic (exact) mass is 374 g/mol. The van der Waals surface area contributed by atoms with E-state index in [1.54, 1.807) is 26.0 Å². The Labute approximate surface area is 131 Å². The number of hydrogen-bond acceptors (Lipinski definition) is 5. The van der Waals surface area contributed by atoms with E-state index < -0.39 is 10.0 Å². The summed E-state index contributed by atoms with van der Waals surface area (Å²) in [6, 6.07) is 3.39. The van der Waals surface area contributed by atoms with Gasteiger partial charge in [0, 0.05) is 6.20 Å². The fourth-order valence-electron chi connectivity index (χ4n) is 2.02. The number of hydrogen-bond donors (Lipinski definition) is 2. The van der Waals surface area contributed by atoms with Gasteiger partial charge in [0.2, 0.25) is 0 Å². The van der Waals surface area contributed by atoms with Crippen molar-refractivity contribution >= 4 is 31.8 Å². The van der Waals surface area contributed by atoms with Gasteiger partial charge in [-0.3, -0.25) is 9.40 Å². The van der Waals surface area contributed by atoms with Crippen LogP contribution in [0.2, 0.25) is 0 Å². The molecule has 0 saturated heterocycles. The Morgan fingerprint density at radius 1 is 1.43 bits per heavy atom. The van der Waals surface area contributed by atoms with Crippen molar-refractivity contribution in [2.24, 2.45) is 0 Å². The Morgan fingerprint density at radius 2 is 2.14 bits per heavy atom. The number of rotatable bonds is 5. The van der Waals surface area contributed by atoms with Crippen LogP contribution in [0.5, 0.6) is 0 Å². The van der Waals surface area contributed by atoms with Crippen LogP contribution in [0, 0.1) is 13.8 Å². The molecule has 2 aromatic rings. The molecule has 0 atom stereocenters. The number of aromatic nitrogens is 3. The quantitative estimate of drug-likeness (QED) is 0.825. The van der Waals surface area contributed by atoms with Gasteiger partial charge in [0.15, 0.2) is 5.82 Å². The molecule has 0 aromatic carbocycles. The maximum Gasteiger partial charge on any atom is 0.266 e. The van der Waals surface area contributed by atoms with Gasteiger partial charge in [-0.25, -0.2) is 13.4 Å². The fraction of sp³-hybridized carbons (Fsp3) is 0.333. The average Bonchev–Trinajstić information content (AvgIpc) is 2.68. The Balaban J connectivity index is 2.43.